The van der Waals surface area contributed by atoms with E-state index in [1.165, 1.54) is 0 Å². The summed E-state index contributed by atoms with van der Waals surface area (Å²) < 4.78 is 0. The molecule has 0 saturated carbocycles. The molecule has 0 aliphatic rings. The van der Waals surface area contributed by atoms with Gasteiger partial charge in [0, 0.05) is 34.6 Å². The average molecular weight is 313 g/mol. The van der Waals surface area contributed by atoms with Crippen molar-refractivity contribution in [3.05, 3.63) is 46.5 Å². The predicted octanol–water partition coefficient (Wildman–Crippen LogP) is 4.42. The summed E-state index contributed by atoms with van der Waals surface area (Å²) in [6.45, 7) is 5.43. The Hall–Kier alpha value is 0.140. The smallest absolute Gasteiger partial charge is 0.0465 e. The van der Waals surface area contributed by atoms with E-state index in [-0.39, 0.29) is 12.4 Å². The first-order valence-corrected chi connectivity index (χ1v) is 6.98. The van der Waals surface area contributed by atoms with Crippen LogP contribution in [-0.4, -0.2) is 18.1 Å². The van der Waals surface area contributed by atoms with Crippen LogP contribution in [0.4, 0.5) is 0 Å². The molecule has 0 aliphatic carbocycles. The zero-order chi connectivity index (χ0) is 11.8. The molecule has 0 aromatic heterocycles. The molecule has 0 bridgehead atoms. The quantitative estimate of drug-likeness (QED) is 0.590. The molecule has 17 heavy (non-hydrogen) atoms. The Morgan fingerprint density at radius 2 is 2.12 bits per heavy atom. The fourth-order valence-electron chi connectivity index (χ4n) is 1.20. The summed E-state index contributed by atoms with van der Waals surface area (Å²) >= 11 is 13.7. The Morgan fingerprint density at radius 1 is 1.35 bits per heavy atom. The van der Waals surface area contributed by atoms with Crippen LogP contribution in [0.15, 0.2) is 30.9 Å². The Morgan fingerprint density at radius 3 is 2.76 bits per heavy atom. The lowest BCUT2D eigenvalue weighted by Crippen LogP contribution is -2.16. The molecule has 0 aliphatic heterocycles. The number of benzene rings is 1. The van der Waals surface area contributed by atoms with Crippen molar-refractivity contribution in [2.75, 3.05) is 18.1 Å². The highest BCUT2D eigenvalue weighted by Crippen LogP contribution is 2.20. The van der Waals surface area contributed by atoms with Crippen molar-refractivity contribution in [3.63, 3.8) is 0 Å². The van der Waals surface area contributed by atoms with Gasteiger partial charge in [0.25, 0.3) is 0 Å². The Balaban J connectivity index is 0.00000256. The average Bonchev–Trinajstić information content (AvgIpc) is 2.26. The number of thioether (sulfide) groups is 1. The summed E-state index contributed by atoms with van der Waals surface area (Å²) in [7, 11) is 0. The van der Waals surface area contributed by atoms with Crippen molar-refractivity contribution in [2.24, 2.45) is 0 Å². The molecule has 1 aromatic carbocycles. The van der Waals surface area contributed by atoms with E-state index in [1.54, 1.807) is 6.07 Å². The summed E-state index contributed by atoms with van der Waals surface area (Å²) in [6, 6.07) is 5.58. The van der Waals surface area contributed by atoms with Crippen molar-refractivity contribution < 1.29 is 0 Å². The Kier molecular flexibility index (Phi) is 10.2. The summed E-state index contributed by atoms with van der Waals surface area (Å²) in [5.41, 5.74) is 1.08. The van der Waals surface area contributed by atoms with Crippen LogP contribution in [0, 0.1) is 0 Å². The Bertz CT molecular complexity index is 345. The fourth-order valence-corrected chi connectivity index (χ4v) is 2.30. The van der Waals surface area contributed by atoms with Gasteiger partial charge in [0.15, 0.2) is 0 Å². The fraction of sp³-hybridized carbons (Fsp3) is 0.333. The second-order valence-electron chi connectivity index (χ2n) is 3.28. The van der Waals surface area contributed by atoms with Gasteiger partial charge in [-0.25, -0.2) is 0 Å². The van der Waals surface area contributed by atoms with Gasteiger partial charge in [-0.1, -0.05) is 35.3 Å². The van der Waals surface area contributed by atoms with Gasteiger partial charge >= 0.3 is 0 Å². The van der Waals surface area contributed by atoms with Crippen LogP contribution in [0.3, 0.4) is 0 Å². The molecule has 1 N–H and O–H groups in total. The van der Waals surface area contributed by atoms with Crippen LogP contribution in [0.5, 0.6) is 0 Å². The van der Waals surface area contributed by atoms with Gasteiger partial charge in [-0.05, 0) is 17.7 Å². The second-order valence-corrected chi connectivity index (χ2v) is 5.27. The van der Waals surface area contributed by atoms with E-state index in [9.17, 15) is 0 Å². The molecular weight excluding hydrogens is 297 g/mol. The lowest BCUT2D eigenvalue weighted by atomic mass is 10.2. The van der Waals surface area contributed by atoms with Gasteiger partial charge in [-0.15, -0.1) is 19.0 Å². The number of rotatable bonds is 7. The van der Waals surface area contributed by atoms with Gasteiger partial charge in [0.2, 0.25) is 0 Å². The molecule has 0 unspecified atom stereocenters. The third kappa shape index (κ3) is 7.22. The first-order valence-electron chi connectivity index (χ1n) is 5.07. The molecule has 1 aromatic rings. The van der Waals surface area contributed by atoms with E-state index in [2.05, 4.69) is 11.9 Å². The summed E-state index contributed by atoms with van der Waals surface area (Å²) in [4.78, 5) is 0. The van der Waals surface area contributed by atoms with E-state index in [0.29, 0.717) is 5.02 Å². The number of nitrogens with one attached hydrogen (secondary N) is 1. The summed E-state index contributed by atoms with van der Waals surface area (Å²) in [6.07, 6.45) is 1.92. The molecule has 0 saturated heterocycles. The number of halogens is 3. The van der Waals surface area contributed by atoms with Gasteiger partial charge in [0.05, 0.1) is 0 Å². The third-order valence-corrected chi connectivity index (χ3v) is 3.54. The van der Waals surface area contributed by atoms with Gasteiger partial charge in [-0.3, -0.25) is 0 Å². The minimum Gasteiger partial charge on any atom is -0.312 e. The topological polar surface area (TPSA) is 12.0 Å². The van der Waals surface area contributed by atoms with Crippen LogP contribution in [0.1, 0.15) is 5.56 Å². The molecule has 96 valence electrons. The lowest BCUT2D eigenvalue weighted by molar-refractivity contribution is 0.732. The van der Waals surface area contributed by atoms with Crippen molar-refractivity contribution >= 4 is 47.4 Å². The van der Waals surface area contributed by atoms with Crippen molar-refractivity contribution in [1.29, 1.82) is 0 Å². The van der Waals surface area contributed by atoms with Crippen molar-refractivity contribution in [1.82, 2.24) is 5.32 Å². The summed E-state index contributed by atoms with van der Waals surface area (Å²) in [5.74, 6) is 2.08. The van der Waals surface area contributed by atoms with E-state index >= 15 is 0 Å². The lowest BCUT2D eigenvalue weighted by Gasteiger charge is -2.06. The molecule has 0 radical (unpaired) electrons. The van der Waals surface area contributed by atoms with E-state index in [1.807, 2.05) is 30.0 Å². The molecule has 1 rings (SSSR count). The highest BCUT2D eigenvalue weighted by atomic mass is 35.5. The largest absolute Gasteiger partial charge is 0.312 e. The predicted molar refractivity (Wildman–Crippen MR) is 82.9 cm³/mol. The minimum absolute atomic E-state index is 0. The first kappa shape index (κ1) is 17.1. The number of hydrogen-bond acceptors (Lipinski definition) is 2. The maximum atomic E-state index is 6.05. The third-order valence-electron chi connectivity index (χ3n) is 1.99. The van der Waals surface area contributed by atoms with E-state index in [0.717, 1.165) is 35.2 Å². The Labute approximate surface area is 123 Å². The van der Waals surface area contributed by atoms with Gasteiger partial charge < -0.3 is 5.32 Å². The molecule has 1 nitrogen and oxygen atoms in total. The van der Waals surface area contributed by atoms with Crippen molar-refractivity contribution in [2.45, 2.75) is 6.54 Å². The maximum absolute atomic E-state index is 6.05. The highest BCUT2D eigenvalue weighted by molar-refractivity contribution is 7.99. The van der Waals surface area contributed by atoms with E-state index < -0.39 is 0 Å². The van der Waals surface area contributed by atoms with Crippen molar-refractivity contribution in [3.8, 4) is 0 Å². The molecule has 5 heteroatoms. The monoisotopic (exact) mass is 311 g/mol. The van der Waals surface area contributed by atoms with Gasteiger partial charge in [0.1, 0.15) is 0 Å². The van der Waals surface area contributed by atoms with Crippen LogP contribution < -0.4 is 5.32 Å². The SMILES string of the molecule is C=CCSCCNCc1ccc(Cl)cc1Cl.Cl. The first-order chi connectivity index (χ1) is 7.74. The second kappa shape index (κ2) is 10.1. The molecule has 0 spiro atoms. The van der Waals surface area contributed by atoms with Crippen LogP contribution >= 0.6 is 47.4 Å². The van der Waals surface area contributed by atoms with Crippen LogP contribution in [0.25, 0.3) is 0 Å². The summed E-state index contributed by atoms with van der Waals surface area (Å²) in [5, 5.41) is 4.74. The number of hydrogen-bond donors (Lipinski definition) is 1. The van der Waals surface area contributed by atoms with Gasteiger partial charge in [-0.2, -0.15) is 11.8 Å². The molecule has 0 atom stereocenters. The molecule has 0 fully saturated rings. The highest BCUT2D eigenvalue weighted by Gasteiger charge is 2.00. The van der Waals surface area contributed by atoms with Crippen LogP contribution in [-0.2, 0) is 6.54 Å². The molecule has 0 amide bonds. The normalized spacial score (nSPS) is 9.76. The minimum atomic E-state index is 0. The standard InChI is InChI=1S/C12H15Cl2NS.ClH/c1-2-6-16-7-5-15-9-10-3-4-11(13)8-12(10)14;/h2-4,8,15H,1,5-7,9H2;1H. The van der Waals surface area contributed by atoms with Crippen LogP contribution in [0.2, 0.25) is 10.0 Å². The zero-order valence-electron chi connectivity index (χ0n) is 9.42. The zero-order valence-corrected chi connectivity index (χ0v) is 12.6. The molecular formula is C12H16Cl3NS. The maximum Gasteiger partial charge on any atom is 0.0465 e. The van der Waals surface area contributed by atoms with E-state index in [4.69, 9.17) is 23.2 Å². The molecule has 0 heterocycles.